The monoisotopic (exact) mass is 371 g/mol. The predicted octanol–water partition coefficient (Wildman–Crippen LogP) is 3.19. The molecule has 1 aliphatic rings. The lowest BCUT2D eigenvalue weighted by atomic mass is 10.1. The average molecular weight is 372 g/mol. The van der Waals surface area contributed by atoms with Gasteiger partial charge in [-0.25, -0.2) is 0 Å². The second-order valence-corrected chi connectivity index (χ2v) is 7.60. The van der Waals surface area contributed by atoms with Crippen molar-refractivity contribution in [2.45, 2.75) is 38.1 Å². The van der Waals surface area contributed by atoms with Gasteiger partial charge in [-0.3, -0.25) is 9.59 Å². The van der Waals surface area contributed by atoms with Crippen molar-refractivity contribution in [2.24, 2.45) is 0 Å². The molecule has 5 nitrogen and oxygen atoms in total. The molecule has 6 heteroatoms. The highest BCUT2D eigenvalue weighted by Crippen LogP contribution is 2.14. The number of amides is 2. The molecule has 2 heterocycles. The molecule has 1 fully saturated rings. The number of benzene rings is 1. The van der Waals surface area contributed by atoms with E-state index in [-0.39, 0.29) is 11.8 Å². The largest absolute Gasteiger partial charge is 0.350 e. The van der Waals surface area contributed by atoms with E-state index in [1.165, 1.54) is 4.88 Å². The molecule has 1 aromatic carbocycles. The summed E-state index contributed by atoms with van der Waals surface area (Å²) in [6.45, 7) is 1.66. The van der Waals surface area contributed by atoms with Crippen LogP contribution in [0.1, 0.15) is 40.9 Å². The van der Waals surface area contributed by atoms with E-state index in [0.29, 0.717) is 30.3 Å². The molecule has 2 amide bonds. The highest BCUT2D eigenvalue weighted by molar-refractivity contribution is 7.09. The van der Waals surface area contributed by atoms with Crippen LogP contribution < -0.4 is 16.0 Å². The summed E-state index contributed by atoms with van der Waals surface area (Å²) in [4.78, 5) is 25.7. The van der Waals surface area contributed by atoms with Crippen LogP contribution in [0.25, 0.3) is 0 Å². The first-order valence-electron chi connectivity index (χ1n) is 9.14. The van der Waals surface area contributed by atoms with Crippen LogP contribution in [0.3, 0.4) is 0 Å². The predicted molar refractivity (Wildman–Crippen MR) is 106 cm³/mol. The number of hydrogen-bond acceptors (Lipinski definition) is 4. The number of hydrogen-bond donors (Lipinski definition) is 3. The van der Waals surface area contributed by atoms with Gasteiger partial charge in [0.2, 0.25) is 5.91 Å². The van der Waals surface area contributed by atoms with Gasteiger partial charge in [0.25, 0.3) is 5.91 Å². The van der Waals surface area contributed by atoms with Gasteiger partial charge in [0.1, 0.15) is 0 Å². The lowest BCUT2D eigenvalue weighted by Gasteiger charge is -2.12. The van der Waals surface area contributed by atoms with Gasteiger partial charge in [-0.15, -0.1) is 11.3 Å². The van der Waals surface area contributed by atoms with Crippen molar-refractivity contribution in [1.82, 2.24) is 10.6 Å². The third-order valence-electron chi connectivity index (χ3n) is 4.49. The average Bonchev–Trinajstić information content (AvgIpc) is 3.34. The minimum atomic E-state index is -0.104. The highest BCUT2D eigenvalue weighted by Gasteiger charge is 2.15. The van der Waals surface area contributed by atoms with Crippen LogP contribution in [0.2, 0.25) is 0 Å². The van der Waals surface area contributed by atoms with Crippen LogP contribution in [-0.2, 0) is 11.2 Å². The lowest BCUT2D eigenvalue weighted by Crippen LogP contribution is -2.37. The summed E-state index contributed by atoms with van der Waals surface area (Å²) in [6, 6.07) is 11.6. The molecule has 1 unspecified atom stereocenters. The fourth-order valence-electron chi connectivity index (χ4n) is 3.09. The van der Waals surface area contributed by atoms with Crippen molar-refractivity contribution >= 4 is 28.8 Å². The topological polar surface area (TPSA) is 70.2 Å². The number of carbonyl (C=O) groups is 2. The quantitative estimate of drug-likeness (QED) is 0.667. The second kappa shape index (κ2) is 9.50. The number of nitrogens with one attached hydrogen (secondary N) is 3. The Kier molecular flexibility index (Phi) is 6.80. The number of carbonyl (C=O) groups excluding carboxylic acids is 2. The van der Waals surface area contributed by atoms with Crippen LogP contribution in [0, 0.1) is 0 Å². The fraction of sp³-hybridized carbons (Fsp3) is 0.400. The fourth-order valence-corrected chi connectivity index (χ4v) is 3.84. The zero-order valence-electron chi connectivity index (χ0n) is 14.8. The number of rotatable bonds is 8. The summed E-state index contributed by atoms with van der Waals surface area (Å²) in [5.41, 5.74) is 1.23. The molecule has 2 aromatic rings. The zero-order valence-corrected chi connectivity index (χ0v) is 15.6. The van der Waals surface area contributed by atoms with Crippen molar-refractivity contribution in [3.05, 3.63) is 52.2 Å². The highest BCUT2D eigenvalue weighted by atomic mass is 32.1. The normalized spacial score (nSPS) is 16.4. The molecular formula is C20H25N3O2S. The van der Waals surface area contributed by atoms with Crippen molar-refractivity contribution in [3.8, 4) is 0 Å². The van der Waals surface area contributed by atoms with Crippen molar-refractivity contribution < 1.29 is 9.59 Å². The van der Waals surface area contributed by atoms with Gasteiger partial charge in [-0.05, 0) is 61.9 Å². The van der Waals surface area contributed by atoms with Crippen LogP contribution >= 0.6 is 11.3 Å². The molecule has 138 valence electrons. The van der Waals surface area contributed by atoms with Gasteiger partial charge in [0.05, 0.1) is 0 Å². The molecule has 26 heavy (non-hydrogen) atoms. The summed E-state index contributed by atoms with van der Waals surface area (Å²) in [6.07, 6.45) is 4.47. The van der Waals surface area contributed by atoms with Gasteiger partial charge in [-0.1, -0.05) is 12.1 Å². The summed E-state index contributed by atoms with van der Waals surface area (Å²) in [5, 5.41) is 11.3. The minimum absolute atomic E-state index is 0.0192. The van der Waals surface area contributed by atoms with Crippen LogP contribution in [-0.4, -0.2) is 30.9 Å². The molecule has 1 saturated heterocycles. The standard InChI is InChI=1S/C20H25N3O2S/c24-19(10-2-8-18-9-4-12-26-18)23-16-6-1-5-15(13-16)20(25)22-14-17-7-3-11-21-17/h1,4-6,9,12-13,17,21H,2-3,7-8,10-11,14H2,(H,22,25)(H,23,24). The zero-order chi connectivity index (χ0) is 18.2. The third-order valence-corrected chi connectivity index (χ3v) is 5.42. The van der Waals surface area contributed by atoms with E-state index in [1.54, 1.807) is 29.5 Å². The van der Waals surface area contributed by atoms with Crippen molar-refractivity contribution in [2.75, 3.05) is 18.4 Å². The number of aryl methyl sites for hydroxylation is 1. The first-order chi connectivity index (χ1) is 12.7. The summed E-state index contributed by atoms with van der Waals surface area (Å²) < 4.78 is 0. The summed E-state index contributed by atoms with van der Waals surface area (Å²) in [5.74, 6) is -0.123. The smallest absolute Gasteiger partial charge is 0.251 e. The van der Waals surface area contributed by atoms with Crippen LogP contribution in [0.4, 0.5) is 5.69 Å². The van der Waals surface area contributed by atoms with E-state index < -0.39 is 0 Å². The molecule has 0 radical (unpaired) electrons. The molecular weight excluding hydrogens is 346 g/mol. The maximum atomic E-state index is 12.3. The Morgan fingerprint density at radius 1 is 1.23 bits per heavy atom. The summed E-state index contributed by atoms with van der Waals surface area (Å²) >= 11 is 1.72. The van der Waals surface area contributed by atoms with Crippen molar-refractivity contribution in [1.29, 1.82) is 0 Å². The van der Waals surface area contributed by atoms with Gasteiger partial charge < -0.3 is 16.0 Å². The molecule has 0 aliphatic carbocycles. The molecule has 3 N–H and O–H groups in total. The Hall–Kier alpha value is -2.18. The number of anilines is 1. The molecule has 3 rings (SSSR count). The Morgan fingerprint density at radius 2 is 2.15 bits per heavy atom. The minimum Gasteiger partial charge on any atom is -0.350 e. The van der Waals surface area contributed by atoms with E-state index in [2.05, 4.69) is 27.4 Å². The van der Waals surface area contributed by atoms with E-state index in [4.69, 9.17) is 0 Å². The molecule has 1 aromatic heterocycles. The van der Waals surface area contributed by atoms with Gasteiger partial charge in [-0.2, -0.15) is 0 Å². The Bertz CT molecular complexity index is 724. The Morgan fingerprint density at radius 3 is 2.92 bits per heavy atom. The van der Waals surface area contributed by atoms with Gasteiger partial charge in [0, 0.05) is 35.1 Å². The van der Waals surface area contributed by atoms with Crippen molar-refractivity contribution in [3.63, 3.8) is 0 Å². The van der Waals surface area contributed by atoms with Crippen LogP contribution in [0.5, 0.6) is 0 Å². The first kappa shape index (κ1) is 18.6. The van der Waals surface area contributed by atoms with E-state index in [0.717, 1.165) is 32.2 Å². The van der Waals surface area contributed by atoms with Crippen LogP contribution in [0.15, 0.2) is 41.8 Å². The lowest BCUT2D eigenvalue weighted by molar-refractivity contribution is -0.116. The maximum Gasteiger partial charge on any atom is 0.251 e. The van der Waals surface area contributed by atoms with Gasteiger partial charge >= 0.3 is 0 Å². The molecule has 0 saturated carbocycles. The van der Waals surface area contributed by atoms with Gasteiger partial charge in [0.15, 0.2) is 0 Å². The van der Waals surface area contributed by atoms with E-state index in [9.17, 15) is 9.59 Å². The Balaban J connectivity index is 1.45. The molecule has 0 bridgehead atoms. The Labute approximate surface area is 158 Å². The maximum absolute atomic E-state index is 12.3. The number of thiophene rings is 1. The first-order valence-corrected chi connectivity index (χ1v) is 10.0. The SMILES string of the molecule is O=C(CCCc1cccs1)Nc1cccc(C(=O)NCC2CCCN2)c1. The second-order valence-electron chi connectivity index (χ2n) is 6.57. The summed E-state index contributed by atoms with van der Waals surface area (Å²) in [7, 11) is 0. The molecule has 1 aliphatic heterocycles. The van der Waals surface area contributed by atoms with E-state index in [1.807, 2.05) is 12.1 Å². The molecule has 1 atom stereocenters. The third kappa shape index (κ3) is 5.68. The van der Waals surface area contributed by atoms with E-state index >= 15 is 0 Å². The molecule has 0 spiro atoms.